The van der Waals surface area contributed by atoms with Gasteiger partial charge in [0.15, 0.2) is 0 Å². The van der Waals surface area contributed by atoms with Crippen molar-refractivity contribution in [3.63, 3.8) is 0 Å². The predicted molar refractivity (Wildman–Crippen MR) is 124 cm³/mol. The maximum atomic E-state index is 13.2. The van der Waals surface area contributed by atoms with E-state index in [2.05, 4.69) is 5.32 Å². The van der Waals surface area contributed by atoms with Gasteiger partial charge in [0.1, 0.15) is 5.82 Å². The second-order valence-corrected chi connectivity index (χ2v) is 10.1. The zero-order valence-electron chi connectivity index (χ0n) is 17.5. The molecule has 9 heteroatoms. The lowest BCUT2D eigenvalue weighted by Crippen LogP contribution is -2.53. The van der Waals surface area contributed by atoms with Crippen LogP contribution in [-0.2, 0) is 14.8 Å². The van der Waals surface area contributed by atoms with Crippen LogP contribution in [0.1, 0.15) is 6.92 Å². The third kappa shape index (κ3) is 4.63. The second-order valence-electron chi connectivity index (χ2n) is 7.74. The fourth-order valence-electron chi connectivity index (χ4n) is 3.80. The quantitative estimate of drug-likeness (QED) is 0.606. The van der Waals surface area contributed by atoms with Crippen LogP contribution in [0.25, 0.3) is 10.8 Å². The Balaban J connectivity index is 1.40. The smallest absolute Gasteiger partial charge is 0.243 e. The lowest BCUT2D eigenvalue weighted by molar-refractivity contribution is -0.121. The number of fused-ring (bicyclic) bond motifs is 1. The Morgan fingerprint density at radius 1 is 1.00 bits per heavy atom. The largest absolute Gasteiger partial charge is 0.323 e. The zero-order chi connectivity index (χ0) is 22.9. The molecule has 1 N–H and O–H groups in total. The molecule has 0 aliphatic carbocycles. The van der Waals surface area contributed by atoms with Crippen LogP contribution in [0.3, 0.4) is 0 Å². The van der Waals surface area contributed by atoms with Crippen LogP contribution >= 0.6 is 11.6 Å². The Morgan fingerprint density at radius 2 is 1.69 bits per heavy atom. The van der Waals surface area contributed by atoms with Crippen LogP contribution in [0.2, 0.25) is 5.02 Å². The van der Waals surface area contributed by atoms with E-state index in [1.165, 1.54) is 16.4 Å². The molecule has 0 aromatic heterocycles. The molecule has 3 aromatic carbocycles. The van der Waals surface area contributed by atoms with Crippen molar-refractivity contribution in [2.24, 2.45) is 0 Å². The molecule has 1 aliphatic heterocycles. The summed E-state index contributed by atoms with van der Waals surface area (Å²) in [7, 11) is -3.63. The average molecular weight is 476 g/mol. The summed E-state index contributed by atoms with van der Waals surface area (Å²) < 4.78 is 40.9. The van der Waals surface area contributed by atoms with Gasteiger partial charge in [-0.2, -0.15) is 4.31 Å². The number of anilines is 1. The number of carbonyl (C=O) groups is 1. The number of carbonyl (C=O) groups excluding carboxylic acids is 1. The van der Waals surface area contributed by atoms with Gasteiger partial charge in [0.2, 0.25) is 15.9 Å². The molecule has 0 spiro atoms. The summed E-state index contributed by atoms with van der Waals surface area (Å²) in [4.78, 5) is 14.8. The summed E-state index contributed by atoms with van der Waals surface area (Å²) in [6.07, 6.45) is 0. The number of benzene rings is 3. The van der Waals surface area contributed by atoms with Gasteiger partial charge in [0.25, 0.3) is 0 Å². The fraction of sp³-hybridized carbons (Fsp3) is 0.261. The van der Waals surface area contributed by atoms with E-state index in [-0.39, 0.29) is 28.9 Å². The lowest BCUT2D eigenvalue weighted by Gasteiger charge is -2.36. The summed E-state index contributed by atoms with van der Waals surface area (Å²) in [6, 6.07) is 16.0. The molecule has 168 valence electrons. The van der Waals surface area contributed by atoms with Crippen molar-refractivity contribution in [1.29, 1.82) is 0 Å². The fourth-order valence-corrected chi connectivity index (χ4v) is 5.47. The van der Waals surface area contributed by atoms with Crippen LogP contribution in [0.15, 0.2) is 65.6 Å². The van der Waals surface area contributed by atoms with E-state index >= 15 is 0 Å². The molecule has 32 heavy (non-hydrogen) atoms. The van der Waals surface area contributed by atoms with Gasteiger partial charge in [-0.3, -0.25) is 9.69 Å². The van der Waals surface area contributed by atoms with Crippen molar-refractivity contribution >= 4 is 44.0 Å². The van der Waals surface area contributed by atoms with E-state index in [0.717, 1.165) is 16.8 Å². The number of halogens is 2. The summed E-state index contributed by atoms with van der Waals surface area (Å²) in [5.74, 6) is -0.769. The Labute approximate surface area is 191 Å². The first kappa shape index (κ1) is 22.7. The number of piperazine rings is 1. The highest BCUT2D eigenvalue weighted by molar-refractivity contribution is 7.89. The van der Waals surface area contributed by atoms with Gasteiger partial charge in [-0.15, -0.1) is 0 Å². The van der Waals surface area contributed by atoms with E-state index in [1.807, 2.05) is 35.2 Å². The van der Waals surface area contributed by atoms with Crippen LogP contribution in [0.4, 0.5) is 10.1 Å². The number of sulfonamides is 1. The van der Waals surface area contributed by atoms with Gasteiger partial charge in [-0.1, -0.05) is 41.9 Å². The van der Waals surface area contributed by atoms with Crippen LogP contribution in [-0.4, -0.2) is 55.8 Å². The number of nitrogens with one attached hydrogen (secondary N) is 1. The number of nitrogens with zero attached hydrogens (tertiary/aromatic N) is 2. The van der Waals surface area contributed by atoms with Crippen LogP contribution in [0.5, 0.6) is 0 Å². The highest BCUT2D eigenvalue weighted by Gasteiger charge is 2.32. The van der Waals surface area contributed by atoms with Crippen molar-refractivity contribution in [1.82, 2.24) is 9.21 Å². The normalized spacial score (nSPS) is 16.7. The van der Waals surface area contributed by atoms with Crippen molar-refractivity contribution < 1.29 is 17.6 Å². The van der Waals surface area contributed by atoms with E-state index in [9.17, 15) is 17.6 Å². The molecule has 1 amide bonds. The Morgan fingerprint density at radius 3 is 2.38 bits per heavy atom. The molecule has 3 aromatic rings. The lowest BCUT2D eigenvalue weighted by atomic mass is 10.1. The molecule has 0 radical (unpaired) electrons. The van der Waals surface area contributed by atoms with Gasteiger partial charge in [0.05, 0.1) is 21.6 Å². The van der Waals surface area contributed by atoms with Crippen molar-refractivity contribution in [2.45, 2.75) is 17.9 Å². The predicted octanol–water partition coefficient (Wildman–Crippen LogP) is 3.97. The summed E-state index contributed by atoms with van der Waals surface area (Å²) in [5, 5.41) is 4.69. The monoisotopic (exact) mass is 475 g/mol. The van der Waals surface area contributed by atoms with E-state index < -0.39 is 21.9 Å². The van der Waals surface area contributed by atoms with Crippen molar-refractivity contribution in [3.8, 4) is 0 Å². The minimum absolute atomic E-state index is 0.122. The zero-order valence-corrected chi connectivity index (χ0v) is 19.0. The highest BCUT2D eigenvalue weighted by Crippen LogP contribution is 2.25. The molecule has 0 unspecified atom stereocenters. The van der Waals surface area contributed by atoms with Gasteiger partial charge in [-0.05, 0) is 48.0 Å². The molecule has 6 nitrogen and oxygen atoms in total. The highest BCUT2D eigenvalue weighted by atomic mass is 35.5. The molecule has 1 aliphatic rings. The molecule has 0 bridgehead atoms. The molecule has 1 heterocycles. The molecule has 4 rings (SSSR count). The van der Waals surface area contributed by atoms with Gasteiger partial charge in [0, 0.05) is 26.2 Å². The van der Waals surface area contributed by atoms with Crippen LogP contribution < -0.4 is 5.32 Å². The minimum Gasteiger partial charge on any atom is -0.323 e. The summed E-state index contributed by atoms with van der Waals surface area (Å²) >= 11 is 5.99. The third-order valence-electron chi connectivity index (χ3n) is 5.75. The number of rotatable bonds is 5. The molecule has 1 atom stereocenters. The standard InChI is InChI=1S/C23H23ClFN3O3S/c1-16(23(29)26-22-9-7-19(25)15-21(22)24)27-10-12-28(13-11-27)32(30,31)20-8-6-17-4-2-3-5-18(17)14-20/h2-9,14-16H,10-13H2,1H3,(H,26,29)/t16-/m1/s1. The first-order chi connectivity index (χ1) is 15.3. The maximum Gasteiger partial charge on any atom is 0.243 e. The van der Waals surface area contributed by atoms with Gasteiger partial charge < -0.3 is 5.32 Å². The van der Waals surface area contributed by atoms with Gasteiger partial charge >= 0.3 is 0 Å². The topological polar surface area (TPSA) is 69.7 Å². The Bertz CT molecular complexity index is 1260. The average Bonchev–Trinajstić information content (AvgIpc) is 2.80. The van der Waals surface area contributed by atoms with Gasteiger partial charge in [-0.25, -0.2) is 12.8 Å². The Kier molecular flexibility index (Phi) is 6.48. The Hall–Kier alpha value is -2.52. The van der Waals surface area contributed by atoms with Crippen LogP contribution in [0, 0.1) is 5.82 Å². The summed E-state index contributed by atoms with van der Waals surface area (Å²) in [6.45, 7) is 3.14. The molecule has 1 saturated heterocycles. The summed E-state index contributed by atoms with van der Waals surface area (Å²) in [5.41, 5.74) is 0.336. The first-order valence-corrected chi connectivity index (χ1v) is 12.1. The first-order valence-electron chi connectivity index (χ1n) is 10.2. The van der Waals surface area contributed by atoms with Crippen molar-refractivity contribution in [2.75, 3.05) is 31.5 Å². The minimum atomic E-state index is -3.63. The molecular formula is C23H23ClFN3O3S. The number of hydrogen-bond donors (Lipinski definition) is 1. The van der Waals surface area contributed by atoms with E-state index in [4.69, 9.17) is 11.6 Å². The third-order valence-corrected chi connectivity index (χ3v) is 7.96. The van der Waals surface area contributed by atoms with E-state index in [1.54, 1.807) is 19.1 Å². The molecular weight excluding hydrogens is 453 g/mol. The number of hydrogen-bond acceptors (Lipinski definition) is 4. The molecule has 0 saturated carbocycles. The SMILES string of the molecule is C[C@H](C(=O)Nc1ccc(F)cc1Cl)N1CCN(S(=O)(=O)c2ccc3ccccc3c2)CC1. The van der Waals surface area contributed by atoms with Crippen molar-refractivity contribution in [3.05, 3.63) is 71.5 Å². The molecule has 1 fully saturated rings. The van der Waals surface area contributed by atoms with E-state index in [0.29, 0.717) is 18.8 Å². The number of amides is 1. The maximum absolute atomic E-state index is 13.2. The second kappa shape index (κ2) is 9.15.